The summed E-state index contributed by atoms with van der Waals surface area (Å²) in [4.78, 5) is 16.1. The Morgan fingerprint density at radius 1 is 1.10 bits per heavy atom. The summed E-state index contributed by atoms with van der Waals surface area (Å²) >= 11 is 0. The highest BCUT2D eigenvalue weighted by molar-refractivity contribution is 5.92. The predicted molar refractivity (Wildman–Crippen MR) is 107 cm³/mol. The van der Waals surface area contributed by atoms with Crippen molar-refractivity contribution < 1.29 is 22.7 Å². The fourth-order valence-corrected chi connectivity index (χ4v) is 2.43. The lowest BCUT2D eigenvalue weighted by atomic mass is 10.1. The largest absolute Gasteiger partial charge is 0.573 e. The number of guanidine groups is 1. The number of amides is 1. The van der Waals surface area contributed by atoms with E-state index in [1.807, 2.05) is 19.9 Å². The van der Waals surface area contributed by atoms with E-state index in [0.29, 0.717) is 17.8 Å². The number of carbonyl (C=O) groups is 1. The maximum absolute atomic E-state index is 12.2. The molecule has 0 radical (unpaired) electrons. The van der Waals surface area contributed by atoms with E-state index in [1.54, 1.807) is 18.2 Å². The fourth-order valence-electron chi connectivity index (χ4n) is 2.43. The van der Waals surface area contributed by atoms with Gasteiger partial charge in [-0.3, -0.25) is 4.79 Å². The van der Waals surface area contributed by atoms with Crippen LogP contribution in [0.3, 0.4) is 0 Å². The first-order valence-corrected chi connectivity index (χ1v) is 8.92. The van der Waals surface area contributed by atoms with Crippen LogP contribution >= 0.6 is 0 Å². The summed E-state index contributed by atoms with van der Waals surface area (Å²) in [6.45, 7) is 4.21. The second kappa shape index (κ2) is 9.81. The lowest BCUT2D eigenvalue weighted by Gasteiger charge is -2.10. The number of rotatable bonds is 7. The van der Waals surface area contributed by atoms with Crippen LogP contribution in [0.4, 0.5) is 24.5 Å². The summed E-state index contributed by atoms with van der Waals surface area (Å²) in [6, 6.07) is 12.4. The van der Waals surface area contributed by atoms with E-state index < -0.39 is 6.36 Å². The molecule has 0 fully saturated rings. The second-order valence-electron chi connectivity index (χ2n) is 6.75. The molecule has 0 aliphatic carbocycles. The van der Waals surface area contributed by atoms with Gasteiger partial charge in [0.15, 0.2) is 5.96 Å². The molecular weight excluding hydrogens is 385 g/mol. The van der Waals surface area contributed by atoms with Gasteiger partial charge in [0.2, 0.25) is 5.91 Å². The van der Waals surface area contributed by atoms with Crippen LogP contribution in [0.5, 0.6) is 5.75 Å². The molecule has 0 unspecified atom stereocenters. The number of aliphatic imine (C=N–C) groups is 1. The Bertz CT molecular complexity index is 850. The van der Waals surface area contributed by atoms with Crippen LogP contribution in [0.25, 0.3) is 0 Å². The summed E-state index contributed by atoms with van der Waals surface area (Å²) in [6.07, 6.45) is -4.30. The van der Waals surface area contributed by atoms with E-state index in [-0.39, 0.29) is 30.1 Å². The quantitative estimate of drug-likeness (QED) is 0.465. The molecule has 0 aromatic heterocycles. The number of nitrogens with zero attached hydrogens (tertiary/aromatic N) is 1. The molecule has 2 aromatic rings. The molecule has 0 saturated heterocycles. The Morgan fingerprint density at radius 3 is 2.41 bits per heavy atom. The number of anilines is 2. The van der Waals surface area contributed by atoms with Crippen molar-refractivity contribution in [3.05, 3.63) is 54.1 Å². The number of hydrogen-bond donors (Lipinski definition) is 3. The zero-order chi connectivity index (χ0) is 21.4. The SMILES string of the molecule is CC(C)CC(=O)Nc1cccc(CN=C(N)Nc2ccc(OC(F)(F)F)cc2)c1. The van der Waals surface area contributed by atoms with Gasteiger partial charge in [-0.05, 0) is 47.9 Å². The zero-order valence-corrected chi connectivity index (χ0v) is 16.1. The number of benzene rings is 2. The van der Waals surface area contributed by atoms with Crippen molar-refractivity contribution in [1.29, 1.82) is 0 Å². The molecular formula is C20H23F3N4O2. The van der Waals surface area contributed by atoms with Crippen LogP contribution in [-0.4, -0.2) is 18.2 Å². The molecule has 29 heavy (non-hydrogen) atoms. The van der Waals surface area contributed by atoms with Crippen LogP contribution in [-0.2, 0) is 11.3 Å². The standard InChI is InChI=1S/C20H23F3N4O2/c1-13(2)10-18(28)26-16-5-3-4-14(11-16)12-25-19(24)27-15-6-8-17(9-7-15)29-20(21,22)23/h3-9,11,13H,10,12H2,1-2H3,(H,26,28)(H3,24,25,27). The van der Waals surface area contributed by atoms with Crippen molar-refractivity contribution in [3.63, 3.8) is 0 Å². The van der Waals surface area contributed by atoms with E-state index in [4.69, 9.17) is 5.73 Å². The van der Waals surface area contributed by atoms with E-state index >= 15 is 0 Å². The molecule has 156 valence electrons. The summed E-state index contributed by atoms with van der Waals surface area (Å²) in [5.41, 5.74) is 7.81. The van der Waals surface area contributed by atoms with E-state index in [1.165, 1.54) is 24.3 Å². The van der Waals surface area contributed by atoms with Gasteiger partial charge in [-0.2, -0.15) is 0 Å². The first-order valence-electron chi connectivity index (χ1n) is 8.92. The Labute approximate surface area is 167 Å². The van der Waals surface area contributed by atoms with Gasteiger partial charge < -0.3 is 21.1 Å². The Balaban J connectivity index is 1.92. The number of hydrogen-bond acceptors (Lipinski definition) is 3. The molecule has 0 bridgehead atoms. The molecule has 0 aliphatic rings. The van der Waals surface area contributed by atoms with E-state index in [0.717, 1.165) is 5.56 Å². The van der Waals surface area contributed by atoms with Crippen LogP contribution in [0.1, 0.15) is 25.8 Å². The molecule has 6 nitrogen and oxygen atoms in total. The minimum Gasteiger partial charge on any atom is -0.406 e. The number of nitrogens with two attached hydrogens (primary N) is 1. The third-order valence-corrected chi connectivity index (χ3v) is 3.60. The number of halogens is 3. The highest BCUT2D eigenvalue weighted by Gasteiger charge is 2.30. The maximum atomic E-state index is 12.2. The minimum atomic E-state index is -4.74. The lowest BCUT2D eigenvalue weighted by Crippen LogP contribution is -2.22. The maximum Gasteiger partial charge on any atom is 0.573 e. The molecule has 0 heterocycles. The summed E-state index contributed by atoms with van der Waals surface area (Å²) in [5, 5.41) is 5.63. The number of alkyl halides is 3. The monoisotopic (exact) mass is 408 g/mol. The molecule has 0 aliphatic heterocycles. The van der Waals surface area contributed by atoms with Gasteiger partial charge in [-0.1, -0.05) is 26.0 Å². The number of ether oxygens (including phenoxy) is 1. The van der Waals surface area contributed by atoms with Gasteiger partial charge in [-0.15, -0.1) is 13.2 Å². The Hall–Kier alpha value is -3.23. The van der Waals surface area contributed by atoms with Gasteiger partial charge >= 0.3 is 6.36 Å². The first kappa shape index (κ1) is 22.1. The zero-order valence-electron chi connectivity index (χ0n) is 16.1. The van der Waals surface area contributed by atoms with Crippen molar-refractivity contribution in [2.24, 2.45) is 16.6 Å². The third-order valence-electron chi connectivity index (χ3n) is 3.60. The molecule has 9 heteroatoms. The average Bonchev–Trinajstić information content (AvgIpc) is 2.60. The molecule has 4 N–H and O–H groups in total. The third kappa shape index (κ3) is 8.54. The number of nitrogens with one attached hydrogen (secondary N) is 2. The van der Waals surface area contributed by atoms with Crippen LogP contribution in [0, 0.1) is 5.92 Å². The Kier molecular flexibility index (Phi) is 7.46. The first-order chi connectivity index (χ1) is 13.6. The lowest BCUT2D eigenvalue weighted by molar-refractivity contribution is -0.274. The van der Waals surface area contributed by atoms with Crippen molar-refractivity contribution in [2.45, 2.75) is 33.2 Å². The van der Waals surface area contributed by atoms with Gasteiger partial charge in [0, 0.05) is 17.8 Å². The van der Waals surface area contributed by atoms with Crippen molar-refractivity contribution in [1.82, 2.24) is 0 Å². The molecule has 2 rings (SSSR count). The minimum absolute atomic E-state index is 0.0558. The second-order valence-corrected chi connectivity index (χ2v) is 6.75. The van der Waals surface area contributed by atoms with Crippen molar-refractivity contribution in [3.8, 4) is 5.75 Å². The normalized spacial score (nSPS) is 12.0. The van der Waals surface area contributed by atoms with E-state index in [9.17, 15) is 18.0 Å². The van der Waals surface area contributed by atoms with Gasteiger partial charge in [0.25, 0.3) is 0 Å². The van der Waals surface area contributed by atoms with Crippen LogP contribution < -0.4 is 21.1 Å². The summed E-state index contributed by atoms with van der Waals surface area (Å²) < 4.78 is 40.3. The van der Waals surface area contributed by atoms with Gasteiger partial charge in [0.1, 0.15) is 5.75 Å². The summed E-state index contributed by atoms with van der Waals surface area (Å²) in [5.74, 6) is -0.0128. The highest BCUT2D eigenvalue weighted by Crippen LogP contribution is 2.23. The molecule has 0 saturated carbocycles. The van der Waals surface area contributed by atoms with Crippen LogP contribution in [0.15, 0.2) is 53.5 Å². The van der Waals surface area contributed by atoms with Crippen LogP contribution in [0.2, 0.25) is 0 Å². The number of carbonyl (C=O) groups excluding carboxylic acids is 1. The molecule has 2 aromatic carbocycles. The average molecular weight is 408 g/mol. The summed E-state index contributed by atoms with van der Waals surface area (Å²) in [7, 11) is 0. The fraction of sp³-hybridized carbons (Fsp3) is 0.300. The molecule has 1 amide bonds. The molecule has 0 spiro atoms. The van der Waals surface area contributed by atoms with E-state index in [2.05, 4.69) is 20.4 Å². The highest BCUT2D eigenvalue weighted by atomic mass is 19.4. The smallest absolute Gasteiger partial charge is 0.406 e. The molecule has 0 atom stereocenters. The van der Waals surface area contributed by atoms with Crippen molar-refractivity contribution >= 4 is 23.2 Å². The van der Waals surface area contributed by atoms with Crippen molar-refractivity contribution in [2.75, 3.05) is 10.6 Å². The Morgan fingerprint density at radius 2 is 1.79 bits per heavy atom. The van der Waals surface area contributed by atoms with Gasteiger partial charge in [-0.25, -0.2) is 4.99 Å². The van der Waals surface area contributed by atoms with Gasteiger partial charge in [0.05, 0.1) is 6.54 Å². The predicted octanol–water partition coefficient (Wildman–Crippen LogP) is 4.50. The topological polar surface area (TPSA) is 88.7 Å².